The van der Waals surface area contributed by atoms with Crippen molar-refractivity contribution in [1.29, 1.82) is 0 Å². The molecule has 0 heterocycles. The number of carbonyl (C=O) groups excluding carboxylic acids is 3. The number of carbonyl (C=O) groups is 2. The molecule has 4 aromatic rings. The Balaban J connectivity index is 2.05. The van der Waals surface area contributed by atoms with Gasteiger partial charge in [-0.1, -0.05) is 105 Å². The molecule has 0 bridgehead atoms. The largest absolute Gasteiger partial charge is 0.386 e. The van der Waals surface area contributed by atoms with Crippen LogP contribution in [0.15, 0.2) is 84.9 Å². The summed E-state index contributed by atoms with van der Waals surface area (Å²) in [5, 5.41) is 17.2. The van der Waals surface area contributed by atoms with Crippen LogP contribution in [0.2, 0.25) is 0 Å². The lowest BCUT2D eigenvalue weighted by Gasteiger charge is -2.51. The average molecular weight is 576 g/mol. The maximum absolute atomic E-state index is 13.9. The van der Waals surface area contributed by atoms with Gasteiger partial charge in [-0.15, -0.1) is 6.42 Å². The molecule has 0 aliphatic heterocycles. The van der Waals surface area contributed by atoms with Crippen molar-refractivity contribution < 1.29 is 19.5 Å². The zero-order chi connectivity index (χ0) is 31.2. The smallest absolute Gasteiger partial charge is 0.238 e. The van der Waals surface area contributed by atoms with E-state index in [-0.39, 0.29) is 12.3 Å². The van der Waals surface area contributed by atoms with Crippen molar-refractivity contribution in [2.24, 2.45) is 17.6 Å². The van der Waals surface area contributed by atoms with Crippen LogP contribution in [0.1, 0.15) is 38.3 Å². The van der Waals surface area contributed by atoms with Crippen LogP contribution in [-0.2, 0) is 27.2 Å². The van der Waals surface area contributed by atoms with Gasteiger partial charge in [-0.05, 0) is 64.3 Å². The van der Waals surface area contributed by atoms with Gasteiger partial charge in [0.25, 0.3) is 0 Å². The third-order valence-electron chi connectivity index (χ3n) is 8.53. The van der Waals surface area contributed by atoms with E-state index in [1.165, 1.54) is 6.92 Å². The second-order valence-corrected chi connectivity index (χ2v) is 11.7. The molecule has 0 saturated carbocycles. The third kappa shape index (κ3) is 5.97. The number of ketones is 1. The topological polar surface area (TPSA) is 101 Å². The number of hydrogen-bond donors (Lipinski definition) is 2. The first-order valence-corrected chi connectivity index (χ1v) is 14.6. The summed E-state index contributed by atoms with van der Waals surface area (Å²) < 4.78 is 0. The molecule has 43 heavy (non-hydrogen) atoms. The van der Waals surface area contributed by atoms with E-state index in [2.05, 4.69) is 5.92 Å². The minimum Gasteiger partial charge on any atom is -0.386 e. The lowest BCUT2D eigenvalue weighted by Crippen LogP contribution is -2.74. The number of aliphatic hydroxyl groups is 1. The monoisotopic (exact) mass is 575 g/mol. The Bertz CT molecular complexity index is 1660. The number of amides is 1. The fraction of sp³-hybridized carbons (Fsp3) is 0.324. The Kier molecular flexibility index (Phi) is 9.80. The lowest BCUT2D eigenvalue weighted by molar-refractivity contribution is -0.164. The number of hydrogen-bond acceptors (Lipinski definition) is 5. The van der Waals surface area contributed by atoms with E-state index in [1.807, 2.05) is 105 Å². The Morgan fingerprint density at radius 1 is 0.907 bits per heavy atom. The Hall–Kier alpha value is -4.31. The van der Waals surface area contributed by atoms with Crippen molar-refractivity contribution in [3.05, 3.63) is 96.1 Å². The van der Waals surface area contributed by atoms with Crippen molar-refractivity contribution in [1.82, 2.24) is 4.90 Å². The maximum atomic E-state index is 13.9. The summed E-state index contributed by atoms with van der Waals surface area (Å²) >= 11 is 0. The van der Waals surface area contributed by atoms with Crippen LogP contribution in [0.4, 0.5) is 0 Å². The van der Waals surface area contributed by atoms with Gasteiger partial charge in [0, 0.05) is 6.42 Å². The summed E-state index contributed by atoms with van der Waals surface area (Å²) in [7, 11) is 0. The number of terminal acetylenes is 1. The van der Waals surface area contributed by atoms with Crippen LogP contribution in [0, 0.1) is 24.2 Å². The molecule has 0 aliphatic rings. The second kappa shape index (κ2) is 13.3. The molecular formula is C37H39N2O4. The fourth-order valence-electron chi connectivity index (χ4n) is 6.60. The number of Topliss-reactive ketones (excluding diaryl/α,β-unsaturated/α-hetero) is 1. The van der Waals surface area contributed by atoms with Gasteiger partial charge in [-0.2, -0.15) is 0 Å². The predicted molar refractivity (Wildman–Crippen MR) is 172 cm³/mol. The molecule has 4 rings (SSSR count). The maximum Gasteiger partial charge on any atom is 0.238 e. The summed E-state index contributed by atoms with van der Waals surface area (Å²) in [4.78, 5) is 41.5. The van der Waals surface area contributed by atoms with E-state index in [0.717, 1.165) is 37.6 Å². The molecule has 1 amide bonds. The molecule has 4 aromatic carbocycles. The van der Waals surface area contributed by atoms with Crippen molar-refractivity contribution in [3.8, 4) is 12.3 Å². The molecule has 0 aromatic heterocycles. The summed E-state index contributed by atoms with van der Waals surface area (Å²) in [5.74, 6) is 0.353. The molecule has 0 fully saturated rings. The molecule has 6 heteroatoms. The quantitative estimate of drug-likeness (QED) is 0.172. The fourth-order valence-corrected chi connectivity index (χ4v) is 6.60. The molecule has 3 N–H and O–H groups in total. The molecule has 6 nitrogen and oxygen atoms in total. The molecule has 2 unspecified atom stereocenters. The minimum absolute atomic E-state index is 0.0709. The van der Waals surface area contributed by atoms with Crippen LogP contribution in [0.5, 0.6) is 0 Å². The number of nitrogens with zero attached hydrogens (tertiary/aromatic N) is 1. The highest BCUT2D eigenvalue weighted by atomic mass is 16.3. The zero-order valence-corrected chi connectivity index (χ0v) is 25.0. The highest BCUT2D eigenvalue weighted by molar-refractivity contribution is 6.07. The molecule has 3 atom stereocenters. The van der Waals surface area contributed by atoms with E-state index < -0.39 is 41.8 Å². The lowest BCUT2D eigenvalue weighted by atomic mass is 9.62. The van der Waals surface area contributed by atoms with Gasteiger partial charge in [0.15, 0.2) is 11.3 Å². The third-order valence-corrected chi connectivity index (χ3v) is 8.53. The van der Waals surface area contributed by atoms with Crippen LogP contribution in [-0.4, -0.2) is 52.2 Å². The summed E-state index contributed by atoms with van der Waals surface area (Å²) in [5.41, 5.74) is 2.93. The van der Waals surface area contributed by atoms with Crippen LogP contribution in [0.25, 0.3) is 21.5 Å². The highest BCUT2D eigenvalue weighted by Gasteiger charge is 2.63. The Morgan fingerprint density at radius 2 is 1.44 bits per heavy atom. The molecule has 0 saturated heterocycles. The first kappa shape index (κ1) is 31.6. The van der Waals surface area contributed by atoms with Crippen LogP contribution < -0.4 is 5.73 Å². The first-order chi connectivity index (χ1) is 20.6. The number of benzene rings is 4. The van der Waals surface area contributed by atoms with Gasteiger partial charge in [0.1, 0.15) is 5.60 Å². The molecule has 0 spiro atoms. The van der Waals surface area contributed by atoms with Gasteiger partial charge < -0.3 is 15.7 Å². The normalized spacial score (nSPS) is 14.9. The number of rotatable bonds is 13. The van der Waals surface area contributed by atoms with Crippen molar-refractivity contribution in [2.75, 3.05) is 13.1 Å². The highest BCUT2D eigenvalue weighted by Crippen LogP contribution is 2.43. The molecule has 0 aliphatic carbocycles. The van der Waals surface area contributed by atoms with Crippen molar-refractivity contribution >= 4 is 39.5 Å². The molecule has 221 valence electrons. The summed E-state index contributed by atoms with van der Waals surface area (Å²) in [6, 6.07) is 27.4. The van der Waals surface area contributed by atoms with E-state index >= 15 is 0 Å². The van der Waals surface area contributed by atoms with E-state index in [4.69, 9.17) is 12.2 Å². The van der Waals surface area contributed by atoms with Gasteiger partial charge in [-0.3, -0.25) is 14.4 Å². The van der Waals surface area contributed by atoms with Gasteiger partial charge in [0.05, 0.1) is 13.1 Å². The van der Waals surface area contributed by atoms with Gasteiger partial charge in [-0.25, -0.2) is 0 Å². The number of fused-ring (bicyclic) bond motifs is 2. The zero-order valence-electron chi connectivity index (χ0n) is 25.0. The van der Waals surface area contributed by atoms with E-state index in [1.54, 1.807) is 0 Å². The van der Waals surface area contributed by atoms with Gasteiger partial charge in [0.2, 0.25) is 12.2 Å². The SMILES string of the molecule is C#CCN(C(=O)CN)C([C]=O)(C(C)=O)[C@](O)(Cc1cccc2ccccc12)C(Cc1cccc2ccccc12)CC(C)C. The van der Waals surface area contributed by atoms with Gasteiger partial charge >= 0.3 is 0 Å². The van der Waals surface area contributed by atoms with Crippen molar-refractivity contribution in [2.45, 2.75) is 51.2 Å². The second-order valence-electron chi connectivity index (χ2n) is 11.7. The van der Waals surface area contributed by atoms with E-state index in [9.17, 15) is 19.5 Å². The molecular weight excluding hydrogens is 536 g/mol. The first-order valence-electron chi connectivity index (χ1n) is 14.6. The minimum atomic E-state index is -2.42. The molecule has 1 radical (unpaired) electrons. The van der Waals surface area contributed by atoms with Crippen LogP contribution in [0.3, 0.4) is 0 Å². The van der Waals surface area contributed by atoms with Crippen LogP contribution >= 0.6 is 0 Å². The average Bonchev–Trinajstić information content (AvgIpc) is 3.00. The Morgan fingerprint density at radius 3 is 1.95 bits per heavy atom. The summed E-state index contributed by atoms with van der Waals surface area (Å²) in [6.07, 6.45) is 8.26. The van der Waals surface area contributed by atoms with E-state index in [0.29, 0.717) is 12.8 Å². The predicted octanol–water partition coefficient (Wildman–Crippen LogP) is 5.03. The van der Waals surface area contributed by atoms with Crippen molar-refractivity contribution in [3.63, 3.8) is 0 Å². The standard InChI is InChI=1S/C37H39N2O4/c1-5-20-39(35(42)24-38)36(25-40,27(4)41)37(43,23-31-17-11-15-29-13-7-9-19-34(29)31)32(21-26(2)3)22-30-16-10-14-28-12-6-8-18-33(28)30/h1,6-19,26,32,43H,20-24,38H2,2-4H3/t32?,36?,37-/m0/s1. The number of nitrogens with two attached hydrogens (primary N) is 1. The summed E-state index contributed by atoms with van der Waals surface area (Å²) in [6.45, 7) is 4.36. The Labute approximate surface area is 253 Å².